The Labute approximate surface area is 113 Å². The van der Waals surface area contributed by atoms with E-state index in [0.717, 1.165) is 12.3 Å². The monoisotopic (exact) mass is 278 g/mol. The van der Waals surface area contributed by atoms with Gasteiger partial charge in [0.25, 0.3) is 0 Å². The Morgan fingerprint density at radius 1 is 1.20 bits per heavy atom. The van der Waals surface area contributed by atoms with Crippen molar-refractivity contribution in [1.82, 2.24) is 4.98 Å². The van der Waals surface area contributed by atoms with Crippen molar-refractivity contribution < 1.29 is 17.9 Å². The first kappa shape index (κ1) is 13.9. The molecule has 2 rings (SSSR count). The van der Waals surface area contributed by atoms with Crippen LogP contribution in [0.25, 0.3) is 11.1 Å². The fourth-order valence-electron chi connectivity index (χ4n) is 1.72. The summed E-state index contributed by atoms with van der Waals surface area (Å²) in [6.45, 7) is 0. The molecule has 0 unspecified atom stereocenters. The van der Waals surface area contributed by atoms with Crippen LogP contribution >= 0.6 is 0 Å². The molecule has 0 N–H and O–H groups in total. The molecule has 1 aromatic heterocycles. The molecule has 0 aliphatic heterocycles. The Kier molecular flexibility index (Phi) is 3.61. The highest BCUT2D eigenvalue weighted by molar-refractivity contribution is 5.71. The molecule has 0 saturated heterocycles. The van der Waals surface area contributed by atoms with E-state index in [0.29, 0.717) is 22.4 Å². The standard InChI is InChI=1S/C14H9F3N2O/c1-20-12-4-2-9(7-18)6-11(12)10-3-5-13(19-8-10)14(15,16)17/h2-6,8H,1H3. The third kappa shape index (κ3) is 2.72. The van der Waals surface area contributed by atoms with Crippen LogP contribution in [0.3, 0.4) is 0 Å². The Hall–Kier alpha value is -2.55. The van der Waals surface area contributed by atoms with Crippen LogP contribution in [0.4, 0.5) is 13.2 Å². The highest BCUT2D eigenvalue weighted by atomic mass is 19.4. The Bertz CT molecular complexity index is 658. The lowest BCUT2D eigenvalue weighted by molar-refractivity contribution is -0.141. The van der Waals surface area contributed by atoms with Crippen LogP contribution in [0.1, 0.15) is 11.3 Å². The molecule has 0 aliphatic rings. The lowest BCUT2D eigenvalue weighted by atomic mass is 10.0. The van der Waals surface area contributed by atoms with Crippen molar-refractivity contribution in [3.8, 4) is 22.9 Å². The van der Waals surface area contributed by atoms with Crippen LogP contribution in [0.2, 0.25) is 0 Å². The summed E-state index contributed by atoms with van der Waals surface area (Å²) >= 11 is 0. The molecule has 0 radical (unpaired) electrons. The van der Waals surface area contributed by atoms with E-state index in [2.05, 4.69) is 4.98 Å². The number of aromatic nitrogens is 1. The van der Waals surface area contributed by atoms with E-state index >= 15 is 0 Å². The van der Waals surface area contributed by atoms with Gasteiger partial charge in [0.1, 0.15) is 11.4 Å². The maximum atomic E-state index is 12.5. The number of benzene rings is 1. The number of nitriles is 1. The SMILES string of the molecule is COc1ccc(C#N)cc1-c1ccc(C(F)(F)F)nc1. The smallest absolute Gasteiger partial charge is 0.433 e. The maximum Gasteiger partial charge on any atom is 0.433 e. The van der Waals surface area contributed by atoms with E-state index in [-0.39, 0.29) is 0 Å². The van der Waals surface area contributed by atoms with Gasteiger partial charge < -0.3 is 4.74 Å². The molecule has 0 aliphatic carbocycles. The quantitative estimate of drug-likeness (QED) is 0.842. The van der Waals surface area contributed by atoms with E-state index < -0.39 is 11.9 Å². The van der Waals surface area contributed by atoms with Gasteiger partial charge in [-0.2, -0.15) is 18.4 Å². The molecule has 0 fully saturated rings. The lowest BCUT2D eigenvalue weighted by Crippen LogP contribution is -2.07. The number of nitrogens with zero attached hydrogens (tertiary/aromatic N) is 2. The van der Waals surface area contributed by atoms with Gasteiger partial charge in [0.05, 0.1) is 18.7 Å². The number of halogens is 3. The van der Waals surface area contributed by atoms with Crippen LogP contribution in [0, 0.1) is 11.3 Å². The van der Waals surface area contributed by atoms with Gasteiger partial charge in [0.2, 0.25) is 0 Å². The molecular weight excluding hydrogens is 269 g/mol. The maximum absolute atomic E-state index is 12.5. The summed E-state index contributed by atoms with van der Waals surface area (Å²) < 4.78 is 42.5. The molecule has 0 atom stereocenters. The summed E-state index contributed by atoms with van der Waals surface area (Å²) in [4.78, 5) is 3.39. The second-order valence-electron chi connectivity index (χ2n) is 3.96. The van der Waals surface area contributed by atoms with E-state index in [1.807, 2.05) is 6.07 Å². The first-order chi connectivity index (χ1) is 9.45. The van der Waals surface area contributed by atoms with Crippen molar-refractivity contribution in [3.63, 3.8) is 0 Å². The number of hydrogen-bond acceptors (Lipinski definition) is 3. The number of alkyl halides is 3. The van der Waals surface area contributed by atoms with Crippen LogP contribution in [0.15, 0.2) is 36.5 Å². The summed E-state index contributed by atoms with van der Waals surface area (Å²) in [6, 6.07) is 8.87. The molecular formula is C14H9F3N2O. The zero-order valence-electron chi connectivity index (χ0n) is 10.4. The van der Waals surface area contributed by atoms with Crippen LogP contribution in [0.5, 0.6) is 5.75 Å². The molecule has 102 valence electrons. The van der Waals surface area contributed by atoms with Gasteiger partial charge in [0.15, 0.2) is 0 Å². The molecule has 0 spiro atoms. The van der Waals surface area contributed by atoms with E-state index in [9.17, 15) is 13.2 Å². The summed E-state index contributed by atoms with van der Waals surface area (Å²) in [5.41, 5.74) is 0.400. The van der Waals surface area contributed by atoms with Crippen molar-refractivity contribution in [2.24, 2.45) is 0 Å². The van der Waals surface area contributed by atoms with Crippen molar-refractivity contribution in [2.75, 3.05) is 7.11 Å². The molecule has 0 amide bonds. The van der Waals surface area contributed by atoms with E-state index in [1.165, 1.54) is 13.2 Å². The molecule has 2 aromatic rings. The third-order valence-corrected chi connectivity index (χ3v) is 2.69. The first-order valence-corrected chi connectivity index (χ1v) is 5.57. The molecule has 1 aromatic carbocycles. The number of methoxy groups -OCH3 is 1. The fourth-order valence-corrected chi connectivity index (χ4v) is 1.72. The first-order valence-electron chi connectivity index (χ1n) is 5.57. The van der Waals surface area contributed by atoms with Gasteiger partial charge in [0, 0.05) is 17.3 Å². The average Bonchev–Trinajstić information content (AvgIpc) is 2.45. The number of ether oxygens (including phenoxy) is 1. The minimum Gasteiger partial charge on any atom is -0.496 e. The van der Waals surface area contributed by atoms with Gasteiger partial charge in [-0.05, 0) is 24.3 Å². The van der Waals surface area contributed by atoms with Crippen LogP contribution < -0.4 is 4.74 Å². The predicted molar refractivity (Wildman–Crippen MR) is 65.9 cm³/mol. The molecule has 1 heterocycles. The minimum absolute atomic E-state index is 0.390. The van der Waals surface area contributed by atoms with Crippen molar-refractivity contribution in [2.45, 2.75) is 6.18 Å². The third-order valence-electron chi connectivity index (χ3n) is 2.69. The molecule has 20 heavy (non-hydrogen) atoms. The topological polar surface area (TPSA) is 45.9 Å². The largest absolute Gasteiger partial charge is 0.496 e. The summed E-state index contributed by atoms with van der Waals surface area (Å²) in [6.07, 6.45) is -3.36. The lowest BCUT2D eigenvalue weighted by Gasteiger charge is -2.10. The molecule has 6 heteroatoms. The fraction of sp³-hybridized carbons (Fsp3) is 0.143. The Morgan fingerprint density at radius 2 is 1.95 bits per heavy atom. The van der Waals surface area contributed by atoms with E-state index in [4.69, 9.17) is 10.00 Å². The Morgan fingerprint density at radius 3 is 2.45 bits per heavy atom. The average molecular weight is 278 g/mol. The minimum atomic E-state index is -4.48. The Balaban J connectivity index is 2.49. The van der Waals surface area contributed by atoms with Gasteiger partial charge in [-0.1, -0.05) is 6.07 Å². The molecule has 3 nitrogen and oxygen atoms in total. The number of pyridine rings is 1. The van der Waals surface area contributed by atoms with Crippen LogP contribution in [-0.2, 0) is 6.18 Å². The van der Waals surface area contributed by atoms with Crippen molar-refractivity contribution in [1.29, 1.82) is 5.26 Å². The predicted octanol–water partition coefficient (Wildman–Crippen LogP) is 3.65. The number of rotatable bonds is 2. The second kappa shape index (κ2) is 5.21. The van der Waals surface area contributed by atoms with Crippen LogP contribution in [-0.4, -0.2) is 12.1 Å². The van der Waals surface area contributed by atoms with Gasteiger partial charge in [-0.15, -0.1) is 0 Å². The summed E-state index contributed by atoms with van der Waals surface area (Å²) in [7, 11) is 1.45. The van der Waals surface area contributed by atoms with E-state index in [1.54, 1.807) is 18.2 Å². The molecule has 0 bridgehead atoms. The van der Waals surface area contributed by atoms with Crippen molar-refractivity contribution in [3.05, 3.63) is 47.8 Å². The zero-order valence-corrected chi connectivity index (χ0v) is 10.4. The normalized spacial score (nSPS) is 10.9. The van der Waals surface area contributed by atoms with Gasteiger partial charge in [-0.25, -0.2) is 0 Å². The molecule has 0 saturated carbocycles. The number of hydrogen-bond donors (Lipinski definition) is 0. The highest BCUT2D eigenvalue weighted by Gasteiger charge is 2.32. The summed E-state index contributed by atoms with van der Waals surface area (Å²) in [5.74, 6) is 0.463. The zero-order chi connectivity index (χ0) is 14.8. The van der Waals surface area contributed by atoms with Gasteiger partial charge >= 0.3 is 6.18 Å². The highest BCUT2D eigenvalue weighted by Crippen LogP contribution is 2.33. The van der Waals surface area contributed by atoms with Gasteiger partial charge in [-0.3, -0.25) is 4.98 Å². The summed E-state index contributed by atoms with van der Waals surface area (Å²) in [5, 5.41) is 8.87. The second-order valence-corrected chi connectivity index (χ2v) is 3.96. The van der Waals surface area contributed by atoms with Crippen molar-refractivity contribution >= 4 is 0 Å².